The van der Waals surface area contributed by atoms with Crippen molar-refractivity contribution < 1.29 is 20.8 Å². The summed E-state index contributed by atoms with van der Waals surface area (Å²) in [7, 11) is 11.0. The summed E-state index contributed by atoms with van der Waals surface area (Å²) in [4.78, 5) is 0. The van der Waals surface area contributed by atoms with Crippen LogP contribution in [-0.4, -0.2) is 9.52 Å². The Kier molecular flexibility index (Phi) is 16.1. The smallest absolute Gasteiger partial charge is 0.0178 e. The molecule has 8 aromatic carbocycles. The van der Waals surface area contributed by atoms with Crippen LogP contribution in [0.3, 0.4) is 0 Å². The van der Waals surface area contributed by atoms with E-state index in [4.69, 9.17) is 17.0 Å². The Morgan fingerprint density at radius 2 is 0.862 bits per heavy atom. The monoisotopic (exact) mass is 892 g/mol. The van der Waals surface area contributed by atoms with Crippen LogP contribution in [-0.2, 0) is 33.7 Å². The van der Waals surface area contributed by atoms with Crippen LogP contribution in [0.15, 0.2) is 146 Å². The molecule has 8 aromatic rings. The van der Waals surface area contributed by atoms with Crippen LogP contribution in [0.2, 0.25) is 13.1 Å². The van der Waals surface area contributed by atoms with Crippen molar-refractivity contribution >= 4 is 69.6 Å². The van der Waals surface area contributed by atoms with E-state index in [1.54, 1.807) is 0 Å². The van der Waals surface area contributed by atoms with Crippen molar-refractivity contribution in [1.29, 1.82) is 0 Å². The zero-order chi connectivity index (χ0) is 40.1. The second-order valence-corrected chi connectivity index (χ2v) is 21.2. The van der Waals surface area contributed by atoms with Gasteiger partial charge in [0, 0.05) is 9.52 Å². The van der Waals surface area contributed by atoms with E-state index in [2.05, 4.69) is 159 Å². The molecule has 58 heavy (non-hydrogen) atoms. The Bertz CT molecular complexity index is 2320. The van der Waals surface area contributed by atoms with Gasteiger partial charge in [-0.05, 0) is 69.5 Å². The van der Waals surface area contributed by atoms with E-state index in [1.165, 1.54) is 154 Å². The molecule has 0 amide bonds. The summed E-state index contributed by atoms with van der Waals surface area (Å²) in [5.74, 6) is 1.79. The summed E-state index contributed by atoms with van der Waals surface area (Å²) >= 11 is -0.826. The third-order valence-electron chi connectivity index (χ3n) is 12.2. The molecule has 0 bridgehead atoms. The van der Waals surface area contributed by atoms with Gasteiger partial charge in [-0.3, -0.25) is 0 Å². The number of fused-ring (bicyclic) bond motifs is 4. The van der Waals surface area contributed by atoms with E-state index in [0.717, 1.165) is 21.4 Å². The average Bonchev–Trinajstić information content (AvgIpc) is 3.88. The summed E-state index contributed by atoms with van der Waals surface area (Å²) in [6.07, 6.45) is 16.7. The van der Waals surface area contributed by atoms with Crippen molar-refractivity contribution in [3.63, 3.8) is 0 Å². The molecular weight excluding hydrogens is 839 g/mol. The Hall–Kier alpha value is -3.26. The van der Waals surface area contributed by atoms with Gasteiger partial charge in [0.05, 0.1) is 0 Å². The predicted octanol–water partition coefficient (Wildman–Crippen LogP) is 17.2. The maximum absolute atomic E-state index is 4.93. The van der Waals surface area contributed by atoms with Gasteiger partial charge in [-0.1, -0.05) is 173 Å². The first-order valence-electron chi connectivity index (χ1n) is 21.5. The topological polar surface area (TPSA) is 0 Å². The Labute approximate surface area is 368 Å². The molecule has 0 heterocycles. The molecule has 0 saturated heterocycles. The van der Waals surface area contributed by atoms with Gasteiger partial charge in [0.1, 0.15) is 0 Å². The fourth-order valence-corrected chi connectivity index (χ4v) is 9.50. The minimum atomic E-state index is -0.826. The molecule has 2 radical (unpaired) electrons. The van der Waals surface area contributed by atoms with Gasteiger partial charge in [-0.25, -0.2) is 0 Å². The van der Waals surface area contributed by atoms with Crippen LogP contribution in [0.25, 0.3) is 65.3 Å². The van der Waals surface area contributed by atoms with Crippen LogP contribution < -0.4 is 0 Å². The summed E-state index contributed by atoms with van der Waals surface area (Å²) in [6.45, 7) is 4.31. The Balaban J connectivity index is 0.000000156. The van der Waals surface area contributed by atoms with Gasteiger partial charge in [0.2, 0.25) is 0 Å². The zero-order valence-corrected chi connectivity index (χ0v) is 39.2. The van der Waals surface area contributed by atoms with Crippen molar-refractivity contribution in [1.82, 2.24) is 0 Å². The average molecular weight is 895 g/mol. The Morgan fingerprint density at radius 3 is 1.26 bits per heavy atom. The van der Waals surface area contributed by atoms with Crippen LogP contribution in [0.4, 0.5) is 0 Å². The van der Waals surface area contributed by atoms with E-state index in [1.807, 2.05) is 0 Å². The van der Waals surface area contributed by atoms with Gasteiger partial charge < -0.3 is 0 Å². The molecular formula is C54H56Cl2SiZr. The zero-order valence-electron chi connectivity index (χ0n) is 34.3. The molecule has 0 aliphatic heterocycles. The maximum Gasteiger partial charge on any atom is -0.0178 e. The molecule has 294 valence electrons. The number of rotatable bonds is 6. The molecule has 0 atom stereocenters. The first-order valence-corrected chi connectivity index (χ1v) is 29.8. The summed E-state index contributed by atoms with van der Waals surface area (Å²) in [5.41, 5.74) is 8.43. The van der Waals surface area contributed by atoms with Crippen molar-refractivity contribution in [2.24, 2.45) is 11.8 Å². The van der Waals surface area contributed by atoms with Crippen LogP contribution >= 0.6 is 17.0 Å². The third-order valence-corrected chi connectivity index (χ3v) is 12.2. The second-order valence-electron chi connectivity index (χ2n) is 16.5. The molecule has 2 aliphatic carbocycles. The molecule has 2 fully saturated rings. The van der Waals surface area contributed by atoms with Crippen molar-refractivity contribution in [2.45, 2.75) is 90.1 Å². The maximum atomic E-state index is 4.93. The quantitative estimate of drug-likeness (QED) is 0.115. The molecule has 0 spiro atoms. The van der Waals surface area contributed by atoms with Gasteiger partial charge in [0.15, 0.2) is 0 Å². The van der Waals surface area contributed by atoms with E-state index in [0.29, 0.717) is 0 Å². The van der Waals surface area contributed by atoms with Crippen molar-refractivity contribution in [3.05, 3.63) is 157 Å². The number of benzene rings is 6. The minimum absolute atomic E-state index is 0.826. The molecule has 2 aliphatic rings. The first-order chi connectivity index (χ1) is 28.6. The van der Waals surface area contributed by atoms with Gasteiger partial charge in [0.25, 0.3) is 0 Å². The SMILES string of the molecule is C[Si]C.[Cl][Zr+2][Cl].c1ccc2cc(-c3cccc4[cH-]c(CC5CCCCC5)cc34)ccc2c1.c1ccc2cc(-c3cccc4[cH-]c(CC5CCCCC5)cc34)ccc2c1. The van der Waals surface area contributed by atoms with Crippen LogP contribution in [0.1, 0.15) is 75.3 Å². The van der Waals surface area contributed by atoms with E-state index in [-0.39, 0.29) is 0 Å². The fourth-order valence-electron chi connectivity index (χ4n) is 9.50. The molecule has 0 N–H and O–H groups in total. The summed E-state index contributed by atoms with van der Waals surface area (Å²) in [6, 6.07) is 54.2. The molecule has 2 saturated carbocycles. The van der Waals surface area contributed by atoms with E-state index in [9.17, 15) is 0 Å². The second kappa shape index (κ2) is 21.8. The predicted molar refractivity (Wildman–Crippen MR) is 255 cm³/mol. The standard InChI is InChI=1S/2C26H25.C2H6Si.2ClH.Zr/c2*1-2-7-19(8-3-1)15-20-16-23-11-6-12-25(26(23)17-20)24-14-13-21-9-4-5-10-22(21)18-24;1-3-2;;;/h2*4-6,9-14,16-19H,1-3,7-8,15H2;1-2H3;2*1H;/q2*-1;;;;+4/p-2. The van der Waals surface area contributed by atoms with Gasteiger partial charge >= 0.3 is 37.9 Å². The first kappa shape index (κ1) is 42.8. The number of halogens is 2. The summed E-state index contributed by atoms with van der Waals surface area (Å²) in [5, 5.41) is 10.9. The third kappa shape index (κ3) is 11.1. The van der Waals surface area contributed by atoms with Gasteiger partial charge in [-0.15, -0.1) is 69.1 Å². The van der Waals surface area contributed by atoms with Crippen LogP contribution in [0.5, 0.6) is 0 Å². The number of hydrogen-bond donors (Lipinski definition) is 0. The molecule has 0 unspecified atom stereocenters. The molecule has 10 rings (SSSR count). The van der Waals surface area contributed by atoms with E-state index < -0.39 is 20.8 Å². The van der Waals surface area contributed by atoms with Crippen molar-refractivity contribution in [2.75, 3.05) is 0 Å². The summed E-state index contributed by atoms with van der Waals surface area (Å²) < 4.78 is 0. The molecule has 0 nitrogen and oxygen atoms in total. The molecule has 0 aromatic heterocycles. The largest absolute Gasteiger partial charge is 0.164 e. The molecule has 4 heteroatoms. The normalized spacial score (nSPS) is 14.6. The van der Waals surface area contributed by atoms with Crippen molar-refractivity contribution in [3.8, 4) is 22.3 Å². The fraction of sp³-hybridized carbons (Fsp3) is 0.296. The number of hydrogen-bond acceptors (Lipinski definition) is 0. The van der Waals surface area contributed by atoms with E-state index >= 15 is 0 Å². The van der Waals surface area contributed by atoms with Gasteiger partial charge in [-0.2, -0.15) is 12.1 Å². The van der Waals surface area contributed by atoms with Crippen LogP contribution in [0, 0.1) is 11.8 Å². The minimum Gasteiger partial charge on any atom is -0.164 e. The Morgan fingerprint density at radius 1 is 0.483 bits per heavy atom.